The van der Waals surface area contributed by atoms with Crippen molar-refractivity contribution in [3.63, 3.8) is 0 Å². The molecule has 0 spiro atoms. The molecule has 4 atom stereocenters. The summed E-state index contributed by atoms with van der Waals surface area (Å²) in [6.07, 6.45) is 0.947. The van der Waals surface area contributed by atoms with E-state index in [-0.39, 0.29) is 50.8 Å². The summed E-state index contributed by atoms with van der Waals surface area (Å²) in [5.41, 5.74) is 0. The predicted molar refractivity (Wildman–Crippen MR) is 105 cm³/mol. The highest BCUT2D eigenvalue weighted by Crippen LogP contribution is 2.29. The van der Waals surface area contributed by atoms with Gasteiger partial charge in [-0.3, -0.25) is 9.69 Å². The van der Waals surface area contributed by atoms with E-state index in [1.165, 1.54) is 32.1 Å². The number of amides is 1. The van der Waals surface area contributed by atoms with E-state index in [1.54, 1.807) is 4.90 Å². The van der Waals surface area contributed by atoms with Crippen molar-refractivity contribution in [1.29, 1.82) is 0 Å². The second-order valence-corrected chi connectivity index (χ2v) is 9.00. The number of ether oxygens (including phenoxy) is 2. The maximum Gasteiger partial charge on any atom is 0.390 e. The van der Waals surface area contributed by atoms with E-state index in [0.717, 1.165) is 0 Å². The van der Waals surface area contributed by atoms with Crippen molar-refractivity contribution in [2.75, 3.05) is 32.8 Å². The summed E-state index contributed by atoms with van der Waals surface area (Å²) in [5, 5.41) is 13.0. The SMILES string of the molecule is O=C(C[C@H]1CC[C@H]2[C@@H](COC[C@@H](O)CN2CCC(F)(F)F)O1)NCC1CCCCC1. The number of nitrogens with zero attached hydrogens (tertiary/aromatic N) is 1. The zero-order valence-corrected chi connectivity index (χ0v) is 17.5. The number of carbonyl (C=O) groups is 1. The quantitative estimate of drug-likeness (QED) is 0.670. The second-order valence-electron chi connectivity index (χ2n) is 9.00. The molecule has 3 aliphatic rings. The monoisotopic (exact) mass is 436 g/mol. The van der Waals surface area contributed by atoms with Gasteiger partial charge < -0.3 is 19.9 Å². The van der Waals surface area contributed by atoms with E-state index in [1.807, 2.05) is 0 Å². The van der Waals surface area contributed by atoms with Crippen molar-refractivity contribution in [2.45, 2.75) is 88.3 Å². The van der Waals surface area contributed by atoms with Crippen LogP contribution in [0.3, 0.4) is 0 Å². The van der Waals surface area contributed by atoms with E-state index >= 15 is 0 Å². The third kappa shape index (κ3) is 7.66. The maximum absolute atomic E-state index is 12.7. The normalized spacial score (nSPS) is 32.1. The van der Waals surface area contributed by atoms with E-state index in [0.29, 0.717) is 25.3 Å². The van der Waals surface area contributed by atoms with E-state index < -0.39 is 24.8 Å². The topological polar surface area (TPSA) is 71.0 Å². The average Bonchev–Trinajstić information content (AvgIpc) is 2.69. The Hall–Kier alpha value is -0.900. The van der Waals surface area contributed by atoms with E-state index in [9.17, 15) is 23.1 Å². The van der Waals surface area contributed by atoms with Gasteiger partial charge in [-0.05, 0) is 31.6 Å². The molecule has 1 saturated carbocycles. The number of β-amino-alcohol motifs (C(OH)–C–C–N with tert-alkyl or cyclic N) is 1. The zero-order chi connectivity index (χ0) is 21.6. The summed E-state index contributed by atoms with van der Waals surface area (Å²) in [6, 6.07) is -0.246. The molecule has 0 unspecified atom stereocenters. The molecular weight excluding hydrogens is 401 g/mol. The van der Waals surface area contributed by atoms with Crippen molar-refractivity contribution in [1.82, 2.24) is 10.2 Å². The summed E-state index contributed by atoms with van der Waals surface area (Å²) < 4.78 is 49.8. The molecule has 9 heteroatoms. The van der Waals surface area contributed by atoms with Gasteiger partial charge in [0.2, 0.25) is 5.91 Å². The van der Waals surface area contributed by atoms with Crippen molar-refractivity contribution < 1.29 is 32.5 Å². The summed E-state index contributed by atoms with van der Waals surface area (Å²) in [4.78, 5) is 14.1. The van der Waals surface area contributed by atoms with E-state index in [4.69, 9.17) is 9.47 Å². The third-order valence-corrected chi connectivity index (χ3v) is 6.50. The Morgan fingerprint density at radius 3 is 2.60 bits per heavy atom. The molecule has 0 radical (unpaired) electrons. The molecule has 30 heavy (non-hydrogen) atoms. The lowest BCUT2D eigenvalue weighted by Gasteiger charge is -2.44. The summed E-state index contributed by atoms with van der Waals surface area (Å²) >= 11 is 0. The first-order valence-electron chi connectivity index (χ1n) is 11.3. The van der Waals surface area contributed by atoms with Gasteiger partial charge in [0, 0.05) is 25.7 Å². The number of alkyl halides is 3. The Balaban J connectivity index is 1.49. The van der Waals surface area contributed by atoms with Crippen LogP contribution in [0.25, 0.3) is 0 Å². The van der Waals surface area contributed by atoms with Gasteiger partial charge in [-0.25, -0.2) is 0 Å². The standard InChI is InChI=1S/C21H35F3N2O4/c22-21(23,24)8-9-26-12-16(27)13-29-14-19-18(26)7-6-17(30-19)10-20(28)25-11-15-4-2-1-3-5-15/h15-19,27H,1-14H2,(H,25,28)/t16-,17+,18-,19+/m0/s1. The molecule has 0 aromatic heterocycles. The number of carbonyl (C=O) groups excluding carboxylic acids is 1. The molecule has 3 rings (SSSR count). The first-order chi connectivity index (χ1) is 14.3. The molecule has 0 aromatic carbocycles. The molecule has 0 bridgehead atoms. The maximum atomic E-state index is 12.7. The highest BCUT2D eigenvalue weighted by Gasteiger charge is 2.39. The molecule has 6 nitrogen and oxygen atoms in total. The van der Waals surface area contributed by atoms with Crippen molar-refractivity contribution >= 4 is 5.91 Å². The van der Waals surface area contributed by atoms with Gasteiger partial charge in [-0.1, -0.05) is 19.3 Å². The molecule has 0 aromatic rings. The molecule has 1 amide bonds. The van der Waals surface area contributed by atoms with Crippen molar-refractivity contribution in [2.24, 2.45) is 5.92 Å². The minimum absolute atomic E-state index is 0.0277. The lowest BCUT2D eigenvalue weighted by molar-refractivity contribution is -0.169. The average molecular weight is 437 g/mol. The van der Waals surface area contributed by atoms with Crippen LogP contribution in [-0.2, 0) is 14.3 Å². The van der Waals surface area contributed by atoms with Crippen LogP contribution >= 0.6 is 0 Å². The zero-order valence-electron chi connectivity index (χ0n) is 17.5. The number of fused-ring (bicyclic) bond motifs is 1. The molecule has 2 heterocycles. The van der Waals surface area contributed by atoms with Crippen molar-refractivity contribution in [3.05, 3.63) is 0 Å². The molecule has 2 aliphatic heterocycles. The summed E-state index contributed by atoms with van der Waals surface area (Å²) in [5.74, 6) is 0.534. The van der Waals surface area contributed by atoms with Crippen LogP contribution in [0.1, 0.15) is 57.8 Å². The van der Waals surface area contributed by atoms with Gasteiger partial charge in [0.05, 0.1) is 44.4 Å². The van der Waals surface area contributed by atoms with E-state index in [2.05, 4.69) is 5.32 Å². The molecule has 1 aliphatic carbocycles. The summed E-state index contributed by atoms with van der Waals surface area (Å²) in [6.45, 7) is 0.959. The first-order valence-corrected chi connectivity index (χ1v) is 11.3. The van der Waals surface area contributed by atoms with Gasteiger partial charge >= 0.3 is 6.18 Å². The van der Waals surface area contributed by atoms with Gasteiger partial charge in [0.15, 0.2) is 0 Å². The Morgan fingerprint density at radius 1 is 1.10 bits per heavy atom. The highest BCUT2D eigenvalue weighted by atomic mass is 19.4. The lowest BCUT2D eigenvalue weighted by Crippen LogP contribution is -2.56. The largest absolute Gasteiger partial charge is 0.390 e. The van der Waals surface area contributed by atoms with Gasteiger partial charge in [0.1, 0.15) is 0 Å². The third-order valence-electron chi connectivity index (χ3n) is 6.50. The predicted octanol–water partition coefficient (Wildman–Crippen LogP) is 2.63. The number of nitrogens with one attached hydrogen (secondary N) is 1. The number of aliphatic hydroxyl groups excluding tert-OH is 1. The van der Waals surface area contributed by atoms with Crippen LogP contribution in [0.4, 0.5) is 13.2 Å². The van der Waals surface area contributed by atoms with Crippen LogP contribution in [0, 0.1) is 5.92 Å². The number of aliphatic hydroxyl groups is 1. The smallest absolute Gasteiger partial charge is 0.389 e. The van der Waals surface area contributed by atoms with Gasteiger partial charge in [-0.15, -0.1) is 0 Å². The fourth-order valence-corrected chi connectivity index (χ4v) is 4.90. The van der Waals surface area contributed by atoms with Crippen molar-refractivity contribution in [3.8, 4) is 0 Å². The van der Waals surface area contributed by atoms with Crippen LogP contribution in [0.2, 0.25) is 0 Å². The van der Waals surface area contributed by atoms with Gasteiger partial charge in [-0.2, -0.15) is 13.2 Å². The van der Waals surface area contributed by atoms with Crippen LogP contribution in [0.5, 0.6) is 0 Å². The molecule has 2 saturated heterocycles. The fourth-order valence-electron chi connectivity index (χ4n) is 4.90. The Bertz CT molecular complexity index is 543. The Morgan fingerprint density at radius 2 is 1.87 bits per heavy atom. The molecule has 174 valence electrons. The fraction of sp³-hybridized carbons (Fsp3) is 0.952. The Kier molecular flexibility index (Phi) is 8.80. The minimum Gasteiger partial charge on any atom is -0.389 e. The van der Waals surface area contributed by atoms with Crippen LogP contribution in [0.15, 0.2) is 0 Å². The second kappa shape index (κ2) is 11.1. The molecule has 2 N–H and O–H groups in total. The molecular formula is C21H35F3N2O4. The number of halogens is 3. The summed E-state index contributed by atoms with van der Waals surface area (Å²) in [7, 11) is 0. The highest BCUT2D eigenvalue weighted by molar-refractivity contribution is 5.76. The first kappa shape index (κ1) is 23.8. The number of hydrogen-bond acceptors (Lipinski definition) is 5. The van der Waals surface area contributed by atoms with Crippen LogP contribution in [-0.4, -0.2) is 79.3 Å². The Labute approximate surface area is 176 Å². The number of hydrogen-bond donors (Lipinski definition) is 2. The molecule has 3 fully saturated rings. The van der Waals surface area contributed by atoms with Crippen LogP contribution < -0.4 is 5.32 Å². The lowest BCUT2D eigenvalue weighted by atomic mass is 9.89. The minimum atomic E-state index is -4.24. The number of rotatable bonds is 6. The van der Waals surface area contributed by atoms with Gasteiger partial charge in [0.25, 0.3) is 0 Å².